The van der Waals surface area contributed by atoms with Gasteiger partial charge in [-0.25, -0.2) is 0 Å². The average Bonchev–Trinajstić information content (AvgIpc) is 2.63. The fourth-order valence-electron chi connectivity index (χ4n) is 1.39. The molecule has 0 aliphatic carbocycles. The number of benzene rings is 1. The quantitative estimate of drug-likeness (QED) is 0.921. The molecule has 3 nitrogen and oxygen atoms in total. The van der Waals surface area contributed by atoms with Crippen LogP contribution in [0.1, 0.15) is 5.56 Å². The Morgan fingerprint density at radius 3 is 2.38 bits per heavy atom. The van der Waals surface area contributed by atoms with Gasteiger partial charge in [0.2, 0.25) is 0 Å². The van der Waals surface area contributed by atoms with Crippen molar-refractivity contribution in [2.45, 2.75) is 13.0 Å². The van der Waals surface area contributed by atoms with Crippen molar-refractivity contribution in [1.29, 1.82) is 0 Å². The zero-order chi connectivity index (χ0) is 9.80. The molecular weight excluding hydrogens is 245 g/mol. The largest absolute Gasteiger partial charge is 0.396 e. The number of anilines is 1. The van der Waals surface area contributed by atoms with Gasteiger partial charge in [-0.1, -0.05) is 30.3 Å². The van der Waals surface area contributed by atoms with Crippen LogP contribution in [0.15, 0.2) is 42.7 Å². The lowest BCUT2D eigenvalue weighted by Crippen LogP contribution is -2.01. The van der Waals surface area contributed by atoms with E-state index in [2.05, 4.69) is 17.2 Å². The van der Waals surface area contributed by atoms with E-state index in [1.54, 1.807) is 6.20 Å². The van der Waals surface area contributed by atoms with Crippen LogP contribution in [0.2, 0.25) is 0 Å². The molecule has 0 saturated carbocycles. The molecule has 0 unspecified atom stereocenters. The highest BCUT2D eigenvalue weighted by Crippen LogP contribution is 2.03. The molecule has 0 aliphatic rings. The third-order valence-electron chi connectivity index (χ3n) is 2.13. The van der Waals surface area contributed by atoms with Crippen molar-refractivity contribution in [3.63, 3.8) is 0 Å². The van der Waals surface area contributed by atoms with Crippen molar-refractivity contribution in [3.8, 4) is 0 Å². The van der Waals surface area contributed by atoms with Gasteiger partial charge < -0.3 is 5.73 Å². The van der Waals surface area contributed by atoms with E-state index < -0.39 is 0 Å². The second-order valence-corrected chi connectivity index (χ2v) is 3.27. The Morgan fingerprint density at radius 2 is 1.81 bits per heavy atom. The van der Waals surface area contributed by atoms with Gasteiger partial charge in [-0.05, 0) is 12.0 Å². The molecule has 0 fully saturated rings. The van der Waals surface area contributed by atoms with Crippen LogP contribution in [0.4, 0.5) is 5.69 Å². The zero-order valence-corrected chi connectivity index (χ0v) is 10.4. The van der Waals surface area contributed by atoms with Crippen LogP contribution >= 0.6 is 24.8 Å². The number of halogens is 2. The lowest BCUT2D eigenvalue weighted by atomic mass is 10.1. The van der Waals surface area contributed by atoms with Crippen LogP contribution in [0.25, 0.3) is 0 Å². The van der Waals surface area contributed by atoms with E-state index in [9.17, 15) is 0 Å². The summed E-state index contributed by atoms with van der Waals surface area (Å²) in [6.07, 6.45) is 4.51. The number of hydrogen-bond donors (Lipinski definition) is 1. The summed E-state index contributed by atoms with van der Waals surface area (Å²) in [5.41, 5.74) is 7.61. The minimum Gasteiger partial charge on any atom is -0.396 e. The van der Waals surface area contributed by atoms with Crippen molar-refractivity contribution < 1.29 is 0 Å². The van der Waals surface area contributed by atoms with Crippen molar-refractivity contribution in [2.24, 2.45) is 0 Å². The fraction of sp³-hybridized carbons (Fsp3) is 0.182. The maximum atomic E-state index is 5.56. The van der Waals surface area contributed by atoms with E-state index in [0.717, 1.165) is 18.7 Å². The average molecular weight is 260 g/mol. The number of hydrogen-bond acceptors (Lipinski definition) is 2. The SMILES string of the molecule is Cl.Cl.Nc1cnn(CCc2ccccc2)c1. The molecule has 2 rings (SSSR count). The molecule has 0 atom stereocenters. The first-order valence-electron chi connectivity index (χ1n) is 4.66. The first-order valence-corrected chi connectivity index (χ1v) is 4.66. The Kier molecular flexibility index (Phi) is 6.61. The Balaban J connectivity index is 0.00000112. The van der Waals surface area contributed by atoms with E-state index in [4.69, 9.17) is 5.73 Å². The predicted molar refractivity (Wildman–Crippen MR) is 71.3 cm³/mol. The lowest BCUT2D eigenvalue weighted by molar-refractivity contribution is 0.615. The fourth-order valence-corrected chi connectivity index (χ4v) is 1.39. The summed E-state index contributed by atoms with van der Waals surface area (Å²) in [5, 5.41) is 4.12. The van der Waals surface area contributed by atoms with Gasteiger partial charge in [-0.3, -0.25) is 4.68 Å². The topological polar surface area (TPSA) is 43.8 Å². The van der Waals surface area contributed by atoms with Crippen LogP contribution in [-0.2, 0) is 13.0 Å². The van der Waals surface area contributed by atoms with Gasteiger partial charge >= 0.3 is 0 Å². The third-order valence-corrected chi connectivity index (χ3v) is 2.13. The number of nitrogen functional groups attached to an aromatic ring is 1. The van der Waals surface area contributed by atoms with Gasteiger partial charge in [0.1, 0.15) is 0 Å². The molecule has 0 amide bonds. The monoisotopic (exact) mass is 259 g/mol. The standard InChI is InChI=1S/C11H13N3.2ClH/c12-11-8-13-14(9-11)7-6-10-4-2-1-3-5-10;;/h1-5,8-9H,6-7,12H2;2*1H. The molecule has 0 spiro atoms. The Morgan fingerprint density at radius 1 is 1.12 bits per heavy atom. The molecule has 0 saturated heterocycles. The third kappa shape index (κ3) is 4.13. The van der Waals surface area contributed by atoms with E-state index in [1.165, 1.54) is 5.56 Å². The second kappa shape index (κ2) is 7.14. The van der Waals surface area contributed by atoms with Crippen LogP contribution in [0.5, 0.6) is 0 Å². The summed E-state index contributed by atoms with van der Waals surface area (Å²) >= 11 is 0. The molecule has 0 radical (unpaired) electrons. The van der Waals surface area contributed by atoms with Gasteiger partial charge in [-0.15, -0.1) is 24.8 Å². The number of aryl methyl sites for hydroxylation is 2. The van der Waals surface area contributed by atoms with Crippen molar-refractivity contribution in [2.75, 3.05) is 5.73 Å². The van der Waals surface area contributed by atoms with E-state index >= 15 is 0 Å². The number of nitrogens with two attached hydrogens (primary N) is 1. The van der Waals surface area contributed by atoms with Crippen molar-refractivity contribution in [3.05, 3.63) is 48.3 Å². The minimum atomic E-state index is 0. The van der Waals surface area contributed by atoms with Crippen LogP contribution in [-0.4, -0.2) is 9.78 Å². The molecular formula is C11H15Cl2N3. The highest BCUT2D eigenvalue weighted by molar-refractivity contribution is 5.85. The highest BCUT2D eigenvalue weighted by atomic mass is 35.5. The summed E-state index contributed by atoms with van der Waals surface area (Å²) in [4.78, 5) is 0. The van der Waals surface area contributed by atoms with Crippen LogP contribution in [0.3, 0.4) is 0 Å². The molecule has 5 heteroatoms. The molecule has 16 heavy (non-hydrogen) atoms. The van der Waals surface area contributed by atoms with Crippen LogP contribution < -0.4 is 5.73 Å². The second-order valence-electron chi connectivity index (χ2n) is 3.27. The molecule has 88 valence electrons. The molecule has 1 aromatic carbocycles. The molecule has 1 heterocycles. The molecule has 0 aliphatic heterocycles. The lowest BCUT2D eigenvalue weighted by Gasteiger charge is -2.00. The predicted octanol–water partition coefficient (Wildman–Crippen LogP) is 2.55. The zero-order valence-electron chi connectivity index (χ0n) is 8.74. The number of nitrogens with zero attached hydrogens (tertiary/aromatic N) is 2. The summed E-state index contributed by atoms with van der Waals surface area (Å²) < 4.78 is 1.86. The van der Waals surface area contributed by atoms with Gasteiger partial charge in [-0.2, -0.15) is 5.10 Å². The molecule has 1 aromatic heterocycles. The first-order chi connectivity index (χ1) is 6.84. The Bertz CT molecular complexity index is 401. The molecule has 2 N–H and O–H groups in total. The minimum absolute atomic E-state index is 0. The Labute approximate surface area is 107 Å². The van der Waals surface area contributed by atoms with Crippen molar-refractivity contribution in [1.82, 2.24) is 9.78 Å². The van der Waals surface area contributed by atoms with E-state index in [1.807, 2.05) is 29.1 Å². The Hall–Kier alpha value is -1.19. The van der Waals surface area contributed by atoms with E-state index in [0.29, 0.717) is 0 Å². The smallest absolute Gasteiger partial charge is 0.0719 e. The maximum Gasteiger partial charge on any atom is 0.0719 e. The normalized spacial score (nSPS) is 9.00. The van der Waals surface area contributed by atoms with Gasteiger partial charge in [0.15, 0.2) is 0 Å². The van der Waals surface area contributed by atoms with Crippen molar-refractivity contribution >= 4 is 30.5 Å². The number of rotatable bonds is 3. The van der Waals surface area contributed by atoms with Crippen LogP contribution in [0, 0.1) is 0 Å². The molecule has 2 aromatic rings. The number of aromatic nitrogens is 2. The van der Waals surface area contributed by atoms with Gasteiger partial charge in [0.25, 0.3) is 0 Å². The summed E-state index contributed by atoms with van der Waals surface area (Å²) in [7, 11) is 0. The molecule has 0 bridgehead atoms. The highest BCUT2D eigenvalue weighted by Gasteiger charge is 1.95. The summed E-state index contributed by atoms with van der Waals surface area (Å²) in [6, 6.07) is 10.4. The summed E-state index contributed by atoms with van der Waals surface area (Å²) in [6.45, 7) is 0.876. The van der Waals surface area contributed by atoms with Gasteiger partial charge in [0, 0.05) is 12.7 Å². The maximum absolute atomic E-state index is 5.56. The summed E-state index contributed by atoms with van der Waals surface area (Å²) in [5.74, 6) is 0. The van der Waals surface area contributed by atoms with E-state index in [-0.39, 0.29) is 24.8 Å². The first kappa shape index (κ1) is 14.8. The van der Waals surface area contributed by atoms with Gasteiger partial charge in [0.05, 0.1) is 11.9 Å².